The number of ether oxygens (including phenoxy) is 1. The van der Waals surface area contributed by atoms with Gasteiger partial charge in [0, 0.05) is 0 Å². The molecule has 1 aromatic rings. The van der Waals surface area contributed by atoms with E-state index in [0.717, 1.165) is 12.1 Å². The first-order valence-electron chi connectivity index (χ1n) is 5.04. The highest BCUT2D eigenvalue weighted by Gasteiger charge is 2.21. The molecule has 0 aliphatic heterocycles. The van der Waals surface area contributed by atoms with Crippen LogP contribution in [0.5, 0.6) is 5.75 Å². The van der Waals surface area contributed by atoms with Gasteiger partial charge in [-0.3, -0.25) is 4.79 Å². The fraction of sp³-hybridized carbons (Fsp3) is 0.200. The first-order valence-corrected chi connectivity index (χ1v) is 6.59. The SMILES string of the molecule is N#CCNC(=O)COc1ccc(S(N)(=O)=O)c(F)c1F. The Balaban J connectivity index is 2.87. The predicted molar refractivity (Wildman–Crippen MR) is 61.8 cm³/mol. The van der Waals surface area contributed by atoms with Gasteiger partial charge in [-0.25, -0.2) is 17.9 Å². The fourth-order valence-electron chi connectivity index (χ4n) is 1.18. The first kappa shape index (κ1) is 15.8. The van der Waals surface area contributed by atoms with Gasteiger partial charge in [-0.1, -0.05) is 0 Å². The van der Waals surface area contributed by atoms with Crippen molar-refractivity contribution in [1.82, 2.24) is 5.32 Å². The van der Waals surface area contributed by atoms with E-state index < -0.39 is 44.8 Å². The van der Waals surface area contributed by atoms with Gasteiger partial charge in [-0.15, -0.1) is 0 Å². The van der Waals surface area contributed by atoms with Crippen LogP contribution in [0.25, 0.3) is 0 Å². The van der Waals surface area contributed by atoms with Crippen LogP contribution >= 0.6 is 0 Å². The standard InChI is InChI=1S/C10H9F2N3O4S/c11-9-6(19-5-8(16)15-4-3-13)1-2-7(10(9)12)20(14,17)18/h1-2H,4-5H2,(H,15,16)(H2,14,17,18). The number of nitrogens with two attached hydrogens (primary N) is 1. The Labute approximate surface area is 113 Å². The quantitative estimate of drug-likeness (QED) is 0.719. The van der Waals surface area contributed by atoms with Crippen LogP contribution in [-0.2, 0) is 14.8 Å². The third-order valence-electron chi connectivity index (χ3n) is 2.04. The number of hydrogen-bond donors (Lipinski definition) is 2. The molecule has 0 aliphatic carbocycles. The van der Waals surface area contributed by atoms with Gasteiger partial charge in [0.05, 0.1) is 6.07 Å². The van der Waals surface area contributed by atoms with Crippen LogP contribution in [0.1, 0.15) is 0 Å². The number of hydrogen-bond acceptors (Lipinski definition) is 5. The third kappa shape index (κ3) is 3.87. The lowest BCUT2D eigenvalue weighted by atomic mass is 10.3. The summed E-state index contributed by atoms with van der Waals surface area (Å²) in [6.45, 7) is -0.920. The molecule has 1 amide bonds. The van der Waals surface area contributed by atoms with Crippen molar-refractivity contribution in [2.75, 3.05) is 13.2 Å². The number of nitrogens with one attached hydrogen (secondary N) is 1. The van der Waals surface area contributed by atoms with Gasteiger partial charge in [-0.05, 0) is 12.1 Å². The summed E-state index contributed by atoms with van der Waals surface area (Å²) in [6.07, 6.45) is 0. The van der Waals surface area contributed by atoms with Crippen LogP contribution in [0.3, 0.4) is 0 Å². The van der Waals surface area contributed by atoms with Gasteiger partial charge >= 0.3 is 0 Å². The van der Waals surface area contributed by atoms with Crippen molar-refractivity contribution in [2.45, 2.75) is 4.90 Å². The Kier molecular flexibility index (Phi) is 4.95. The summed E-state index contributed by atoms with van der Waals surface area (Å²) in [7, 11) is -4.40. The molecule has 0 radical (unpaired) electrons. The minimum atomic E-state index is -4.40. The predicted octanol–water partition coefficient (Wildman–Crippen LogP) is -0.369. The number of carbonyl (C=O) groups excluding carboxylic acids is 1. The minimum absolute atomic E-state index is 0.261. The van der Waals surface area contributed by atoms with Gasteiger partial charge in [0.15, 0.2) is 18.2 Å². The van der Waals surface area contributed by atoms with Crippen molar-refractivity contribution in [3.63, 3.8) is 0 Å². The van der Waals surface area contributed by atoms with Crippen molar-refractivity contribution in [1.29, 1.82) is 5.26 Å². The topological polar surface area (TPSA) is 122 Å². The zero-order chi connectivity index (χ0) is 15.3. The Morgan fingerprint density at radius 1 is 1.40 bits per heavy atom. The number of primary sulfonamides is 1. The maximum Gasteiger partial charge on any atom is 0.258 e. The molecule has 1 rings (SSSR count). The highest BCUT2D eigenvalue weighted by Crippen LogP contribution is 2.24. The molecular weight excluding hydrogens is 296 g/mol. The second-order valence-corrected chi connectivity index (χ2v) is 4.99. The lowest BCUT2D eigenvalue weighted by molar-refractivity contribution is -0.122. The largest absolute Gasteiger partial charge is 0.481 e. The van der Waals surface area contributed by atoms with Crippen molar-refractivity contribution in [3.8, 4) is 11.8 Å². The van der Waals surface area contributed by atoms with Gasteiger partial charge < -0.3 is 10.1 Å². The molecule has 0 saturated heterocycles. The van der Waals surface area contributed by atoms with Gasteiger partial charge in [0.2, 0.25) is 15.8 Å². The number of nitrogens with zero attached hydrogens (tertiary/aromatic N) is 1. The van der Waals surface area contributed by atoms with Gasteiger partial charge in [-0.2, -0.15) is 9.65 Å². The third-order valence-corrected chi connectivity index (χ3v) is 2.97. The molecule has 3 N–H and O–H groups in total. The Hall–Kier alpha value is -2.25. The summed E-state index contributed by atoms with van der Waals surface area (Å²) < 4.78 is 53.5. The van der Waals surface area contributed by atoms with Crippen LogP contribution in [0.4, 0.5) is 8.78 Å². The number of halogens is 2. The Bertz CT molecular complexity index is 670. The summed E-state index contributed by atoms with van der Waals surface area (Å²) in [5.41, 5.74) is 0. The number of rotatable bonds is 5. The molecule has 0 aromatic heterocycles. The summed E-state index contributed by atoms with van der Waals surface area (Å²) in [5, 5.41) is 15.0. The number of nitriles is 1. The maximum absolute atomic E-state index is 13.5. The lowest BCUT2D eigenvalue weighted by Crippen LogP contribution is -2.29. The molecule has 1 aromatic carbocycles. The van der Waals surface area contributed by atoms with E-state index in [9.17, 15) is 22.0 Å². The summed E-state index contributed by atoms with van der Waals surface area (Å²) in [5.74, 6) is -4.64. The molecule has 10 heteroatoms. The molecule has 20 heavy (non-hydrogen) atoms. The maximum atomic E-state index is 13.5. The second-order valence-electron chi connectivity index (χ2n) is 3.46. The Morgan fingerprint density at radius 3 is 2.60 bits per heavy atom. The fourth-order valence-corrected chi connectivity index (χ4v) is 1.77. The average Bonchev–Trinajstić information content (AvgIpc) is 2.36. The van der Waals surface area contributed by atoms with Crippen LogP contribution in [0, 0.1) is 23.0 Å². The highest BCUT2D eigenvalue weighted by atomic mass is 32.2. The van der Waals surface area contributed by atoms with Gasteiger partial charge in [0.1, 0.15) is 11.4 Å². The van der Waals surface area contributed by atoms with Crippen LogP contribution < -0.4 is 15.2 Å². The number of carbonyl (C=O) groups is 1. The normalized spacial score (nSPS) is 10.7. The summed E-state index contributed by atoms with van der Waals surface area (Å²) in [4.78, 5) is 10.1. The van der Waals surface area contributed by atoms with Crippen LogP contribution in [0.15, 0.2) is 17.0 Å². The first-order chi connectivity index (χ1) is 9.27. The number of sulfonamides is 1. The molecule has 7 nitrogen and oxygen atoms in total. The van der Waals surface area contributed by atoms with E-state index in [4.69, 9.17) is 5.26 Å². The highest BCUT2D eigenvalue weighted by molar-refractivity contribution is 7.89. The molecule has 0 heterocycles. The van der Waals surface area contributed by atoms with E-state index >= 15 is 0 Å². The number of benzene rings is 1. The van der Waals surface area contributed by atoms with E-state index in [1.54, 1.807) is 6.07 Å². The molecule has 0 atom stereocenters. The molecule has 0 aliphatic rings. The lowest BCUT2D eigenvalue weighted by Gasteiger charge is -2.09. The zero-order valence-electron chi connectivity index (χ0n) is 9.89. The molecule has 0 bridgehead atoms. The van der Waals surface area contributed by atoms with Crippen molar-refractivity contribution < 1.29 is 26.7 Å². The molecule has 0 unspecified atom stereocenters. The van der Waals surface area contributed by atoms with E-state index in [2.05, 4.69) is 15.2 Å². The molecule has 0 fully saturated rings. The molecule has 0 spiro atoms. The smallest absolute Gasteiger partial charge is 0.258 e. The number of amides is 1. The summed E-state index contributed by atoms with van der Waals surface area (Å²) >= 11 is 0. The average molecular weight is 305 g/mol. The Morgan fingerprint density at radius 2 is 2.05 bits per heavy atom. The van der Waals surface area contributed by atoms with E-state index in [-0.39, 0.29) is 6.54 Å². The monoisotopic (exact) mass is 305 g/mol. The van der Waals surface area contributed by atoms with E-state index in [0.29, 0.717) is 0 Å². The van der Waals surface area contributed by atoms with Crippen molar-refractivity contribution >= 4 is 15.9 Å². The molecule has 108 valence electrons. The van der Waals surface area contributed by atoms with E-state index in [1.807, 2.05) is 0 Å². The van der Waals surface area contributed by atoms with E-state index in [1.165, 1.54) is 0 Å². The minimum Gasteiger partial charge on any atom is -0.481 e. The molecule has 0 saturated carbocycles. The summed E-state index contributed by atoms with van der Waals surface area (Å²) in [6, 6.07) is 3.19. The van der Waals surface area contributed by atoms with Crippen LogP contribution in [0.2, 0.25) is 0 Å². The van der Waals surface area contributed by atoms with Crippen LogP contribution in [-0.4, -0.2) is 27.5 Å². The second kappa shape index (κ2) is 6.27. The van der Waals surface area contributed by atoms with Crippen molar-refractivity contribution in [2.24, 2.45) is 5.14 Å². The van der Waals surface area contributed by atoms with Crippen molar-refractivity contribution in [3.05, 3.63) is 23.8 Å². The van der Waals surface area contributed by atoms with Gasteiger partial charge in [0.25, 0.3) is 5.91 Å². The zero-order valence-corrected chi connectivity index (χ0v) is 10.7. The molecular formula is C10H9F2N3O4S.